The van der Waals surface area contributed by atoms with Gasteiger partial charge in [-0.15, -0.1) is 11.3 Å². The second-order valence-corrected chi connectivity index (χ2v) is 5.61. The first-order valence-electron chi connectivity index (χ1n) is 6.09. The zero-order chi connectivity index (χ0) is 16.1. The van der Waals surface area contributed by atoms with E-state index >= 15 is 0 Å². The van der Waals surface area contributed by atoms with Gasteiger partial charge in [-0.2, -0.15) is 8.78 Å². The number of ether oxygens (including phenoxy) is 1. The Morgan fingerprint density at radius 1 is 1.50 bits per heavy atom. The minimum absolute atomic E-state index is 0.0165. The average Bonchev–Trinajstić information content (AvgIpc) is 2.85. The second kappa shape index (κ2) is 7.33. The molecule has 22 heavy (non-hydrogen) atoms. The first-order valence-corrected chi connectivity index (χ1v) is 7.35. The van der Waals surface area contributed by atoms with Crippen molar-refractivity contribution in [2.24, 2.45) is 0 Å². The van der Waals surface area contributed by atoms with Gasteiger partial charge in [-0.25, -0.2) is 4.98 Å². The Morgan fingerprint density at radius 3 is 2.86 bits per heavy atom. The first-order chi connectivity index (χ1) is 10.4. The molecular formula is C14H11ClF2N2O2S. The van der Waals surface area contributed by atoms with Gasteiger partial charge in [0.1, 0.15) is 5.75 Å². The van der Waals surface area contributed by atoms with E-state index in [1.807, 2.05) is 12.3 Å². The Bertz CT molecular complexity index is 704. The molecule has 1 heterocycles. The standard InChI is InChI=1S/C14H11ClF2N2O2S/c1-8-18-10(7-22-8)3-5-13(20)19-9-2-4-12(11(15)6-9)21-14(16)17/h2-7,14H,1H3,(H,19,20)/b5-3+. The van der Waals surface area contributed by atoms with Gasteiger partial charge in [0.05, 0.1) is 15.7 Å². The number of nitrogens with zero attached hydrogens (tertiary/aromatic N) is 1. The fourth-order valence-corrected chi connectivity index (χ4v) is 2.38. The lowest BCUT2D eigenvalue weighted by molar-refractivity contribution is -0.111. The third-order valence-corrected chi connectivity index (χ3v) is 3.54. The van der Waals surface area contributed by atoms with Gasteiger partial charge < -0.3 is 10.1 Å². The van der Waals surface area contributed by atoms with Gasteiger partial charge in [0.25, 0.3) is 0 Å². The van der Waals surface area contributed by atoms with E-state index in [0.29, 0.717) is 11.4 Å². The number of aryl methyl sites for hydroxylation is 1. The Labute approximate surface area is 134 Å². The maximum absolute atomic E-state index is 12.1. The van der Waals surface area contributed by atoms with E-state index in [1.54, 1.807) is 6.08 Å². The lowest BCUT2D eigenvalue weighted by Gasteiger charge is -2.08. The summed E-state index contributed by atoms with van der Waals surface area (Å²) < 4.78 is 28.4. The summed E-state index contributed by atoms with van der Waals surface area (Å²) in [6.45, 7) is -1.09. The van der Waals surface area contributed by atoms with Crippen LogP contribution >= 0.6 is 22.9 Å². The number of anilines is 1. The van der Waals surface area contributed by atoms with Gasteiger partial charge in [0, 0.05) is 17.1 Å². The van der Waals surface area contributed by atoms with Gasteiger partial charge in [-0.1, -0.05) is 11.6 Å². The summed E-state index contributed by atoms with van der Waals surface area (Å²) in [6.07, 6.45) is 2.90. The maximum Gasteiger partial charge on any atom is 0.387 e. The van der Waals surface area contributed by atoms with Gasteiger partial charge in [0.2, 0.25) is 5.91 Å². The third kappa shape index (κ3) is 4.78. The molecule has 2 aromatic rings. The highest BCUT2D eigenvalue weighted by molar-refractivity contribution is 7.09. The van der Waals surface area contributed by atoms with E-state index in [9.17, 15) is 13.6 Å². The van der Waals surface area contributed by atoms with Crippen LogP contribution < -0.4 is 10.1 Å². The SMILES string of the molecule is Cc1nc(/C=C/C(=O)Nc2ccc(OC(F)F)c(Cl)c2)cs1. The number of rotatable bonds is 5. The number of carbonyl (C=O) groups excluding carboxylic acids is 1. The lowest BCUT2D eigenvalue weighted by Crippen LogP contribution is -2.08. The van der Waals surface area contributed by atoms with E-state index in [0.717, 1.165) is 5.01 Å². The van der Waals surface area contributed by atoms with E-state index < -0.39 is 6.61 Å². The van der Waals surface area contributed by atoms with Crippen LogP contribution in [0.5, 0.6) is 5.75 Å². The molecule has 1 N–H and O–H groups in total. The van der Waals surface area contributed by atoms with Crippen molar-refractivity contribution in [1.82, 2.24) is 4.98 Å². The molecule has 0 aliphatic carbocycles. The van der Waals surface area contributed by atoms with Crippen molar-refractivity contribution in [2.45, 2.75) is 13.5 Å². The summed E-state index contributed by atoms with van der Waals surface area (Å²) in [4.78, 5) is 15.9. The maximum atomic E-state index is 12.1. The van der Waals surface area contributed by atoms with Crippen molar-refractivity contribution >= 4 is 40.6 Å². The Kier molecular flexibility index (Phi) is 5.46. The number of hydrogen-bond donors (Lipinski definition) is 1. The minimum Gasteiger partial charge on any atom is -0.433 e. The molecule has 1 aromatic carbocycles. The van der Waals surface area contributed by atoms with Crippen LogP contribution in [-0.2, 0) is 4.79 Å². The zero-order valence-electron chi connectivity index (χ0n) is 11.3. The molecule has 4 nitrogen and oxygen atoms in total. The van der Waals surface area contributed by atoms with E-state index in [-0.39, 0.29) is 16.7 Å². The predicted octanol–water partition coefficient (Wildman–Crippen LogP) is 4.36. The van der Waals surface area contributed by atoms with E-state index in [2.05, 4.69) is 15.0 Å². The topological polar surface area (TPSA) is 51.2 Å². The van der Waals surface area contributed by atoms with Gasteiger partial charge >= 0.3 is 6.61 Å². The van der Waals surface area contributed by atoms with Crippen LogP contribution in [0.4, 0.5) is 14.5 Å². The van der Waals surface area contributed by atoms with Gasteiger partial charge in [0.15, 0.2) is 0 Å². The molecule has 0 fully saturated rings. The van der Waals surface area contributed by atoms with Crippen molar-refractivity contribution in [3.63, 3.8) is 0 Å². The minimum atomic E-state index is -2.96. The van der Waals surface area contributed by atoms with Crippen LogP contribution in [0, 0.1) is 6.92 Å². The van der Waals surface area contributed by atoms with Crippen molar-refractivity contribution in [3.8, 4) is 5.75 Å². The number of nitrogens with one attached hydrogen (secondary N) is 1. The molecule has 116 valence electrons. The Hall–Kier alpha value is -1.99. The van der Waals surface area contributed by atoms with Crippen LogP contribution in [0.25, 0.3) is 6.08 Å². The van der Waals surface area contributed by atoms with Gasteiger partial charge in [-0.3, -0.25) is 4.79 Å². The van der Waals surface area contributed by atoms with Crippen LogP contribution in [0.3, 0.4) is 0 Å². The molecule has 8 heteroatoms. The Balaban J connectivity index is 1.99. The predicted molar refractivity (Wildman–Crippen MR) is 82.6 cm³/mol. The lowest BCUT2D eigenvalue weighted by atomic mass is 10.3. The molecule has 0 unspecified atom stereocenters. The smallest absolute Gasteiger partial charge is 0.387 e. The quantitative estimate of drug-likeness (QED) is 0.820. The highest BCUT2D eigenvalue weighted by Gasteiger charge is 2.09. The summed E-state index contributed by atoms with van der Waals surface area (Å²) in [5.41, 5.74) is 1.06. The largest absolute Gasteiger partial charge is 0.433 e. The molecule has 0 atom stereocenters. The molecule has 2 rings (SSSR count). The summed E-state index contributed by atoms with van der Waals surface area (Å²) in [5, 5.41) is 5.28. The van der Waals surface area contributed by atoms with Crippen molar-refractivity contribution in [2.75, 3.05) is 5.32 Å². The number of halogens is 3. The zero-order valence-corrected chi connectivity index (χ0v) is 12.9. The van der Waals surface area contributed by atoms with Crippen LogP contribution in [0.1, 0.15) is 10.7 Å². The molecule has 1 aromatic heterocycles. The summed E-state index contributed by atoms with van der Waals surface area (Å²) in [7, 11) is 0. The number of alkyl halides is 2. The van der Waals surface area contributed by atoms with Crippen molar-refractivity contribution in [1.29, 1.82) is 0 Å². The summed E-state index contributed by atoms with van der Waals surface area (Å²) in [6, 6.07) is 4.01. The van der Waals surface area contributed by atoms with Crippen LogP contribution in [-0.4, -0.2) is 17.5 Å². The summed E-state index contributed by atoms with van der Waals surface area (Å²) in [5.74, 6) is -0.535. The normalized spacial score (nSPS) is 11.1. The number of thiazole rings is 1. The molecule has 1 amide bonds. The summed E-state index contributed by atoms with van der Waals surface area (Å²) >= 11 is 7.28. The Morgan fingerprint density at radius 2 is 2.27 bits per heavy atom. The fraction of sp³-hybridized carbons (Fsp3) is 0.143. The highest BCUT2D eigenvalue weighted by Crippen LogP contribution is 2.28. The molecule has 0 aliphatic heterocycles. The third-order valence-electron chi connectivity index (χ3n) is 2.46. The van der Waals surface area contributed by atoms with Crippen molar-refractivity contribution < 1.29 is 18.3 Å². The highest BCUT2D eigenvalue weighted by atomic mass is 35.5. The van der Waals surface area contributed by atoms with Crippen LogP contribution in [0.15, 0.2) is 29.7 Å². The van der Waals surface area contributed by atoms with Crippen molar-refractivity contribution in [3.05, 3.63) is 45.4 Å². The van der Waals surface area contributed by atoms with E-state index in [4.69, 9.17) is 11.6 Å². The van der Waals surface area contributed by atoms with Gasteiger partial charge in [-0.05, 0) is 31.2 Å². The van der Waals surface area contributed by atoms with E-state index in [1.165, 1.54) is 35.6 Å². The van der Waals surface area contributed by atoms with Crippen LogP contribution in [0.2, 0.25) is 5.02 Å². The number of benzene rings is 1. The molecule has 0 radical (unpaired) electrons. The average molecular weight is 345 g/mol. The molecule has 0 bridgehead atoms. The number of amides is 1. The fourth-order valence-electron chi connectivity index (χ4n) is 1.57. The monoisotopic (exact) mass is 344 g/mol. The molecular weight excluding hydrogens is 334 g/mol. The second-order valence-electron chi connectivity index (χ2n) is 4.14. The molecule has 0 saturated heterocycles. The molecule has 0 aliphatic rings. The molecule has 0 saturated carbocycles. The number of carbonyl (C=O) groups is 1. The number of hydrogen-bond acceptors (Lipinski definition) is 4. The molecule has 0 spiro atoms. The first kappa shape index (κ1) is 16.4. The number of aromatic nitrogens is 1.